The van der Waals surface area contributed by atoms with Gasteiger partial charge in [0.05, 0.1) is 18.8 Å². The SMILES string of the molecule is Cc1c([C@H]2CC(O)[C@@H](O)[C@@H](CO)O2)cc(Cc2ccc(OC(F)(F)F)cc2)c2c1CCCC2. The van der Waals surface area contributed by atoms with Crippen molar-refractivity contribution >= 4 is 0 Å². The first-order valence-corrected chi connectivity index (χ1v) is 11.3. The number of aliphatic hydroxyl groups is 3. The Balaban J connectivity index is 1.66. The lowest BCUT2D eigenvalue weighted by molar-refractivity contribution is -0.274. The maximum absolute atomic E-state index is 12.5. The number of rotatable bonds is 5. The van der Waals surface area contributed by atoms with Crippen molar-refractivity contribution in [3.63, 3.8) is 0 Å². The van der Waals surface area contributed by atoms with Gasteiger partial charge in [0, 0.05) is 6.42 Å². The Morgan fingerprint density at radius 3 is 2.36 bits per heavy atom. The molecule has 1 aliphatic heterocycles. The second-order valence-corrected chi connectivity index (χ2v) is 8.92. The lowest BCUT2D eigenvalue weighted by Crippen LogP contribution is -2.47. The van der Waals surface area contributed by atoms with Gasteiger partial charge in [-0.05, 0) is 84.5 Å². The summed E-state index contributed by atoms with van der Waals surface area (Å²) < 4.78 is 47.3. The molecule has 180 valence electrons. The summed E-state index contributed by atoms with van der Waals surface area (Å²) in [5.41, 5.74) is 6.50. The number of hydrogen-bond acceptors (Lipinski definition) is 5. The van der Waals surface area contributed by atoms with Crippen LogP contribution in [0.4, 0.5) is 13.2 Å². The molecule has 0 spiro atoms. The third-order valence-electron chi connectivity index (χ3n) is 6.72. The number of benzene rings is 2. The molecular formula is C25H29F3O5. The molecule has 4 rings (SSSR count). The van der Waals surface area contributed by atoms with Crippen LogP contribution >= 0.6 is 0 Å². The number of aliphatic hydroxyl groups excluding tert-OH is 3. The maximum atomic E-state index is 12.5. The Bertz CT molecular complexity index is 973. The topological polar surface area (TPSA) is 79.2 Å². The zero-order valence-electron chi connectivity index (χ0n) is 18.4. The second-order valence-electron chi connectivity index (χ2n) is 8.92. The molecule has 1 unspecified atom stereocenters. The van der Waals surface area contributed by atoms with Crippen molar-refractivity contribution in [1.82, 2.24) is 0 Å². The highest BCUT2D eigenvalue weighted by molar-refractivity contribution is 5.49. The van der Waals surface area contributed by atoms with E-state index >= 15 is 0 Å². The monoisotopic (exact) mass is 466 g/mol. The lowest BCUT2D eigenvalue weighted by atomic mass is 9.79. The third kappa shape index (κ3) is 5.35. The Kier molecular flexibility index (Phi) is 7.00. The van der Waals surface area contributed by atoms with E-state index in [0.29, 0.717) is 6.42 Å². The summed E-state index contributed by atoms with van der Waals surface area (Å²) in [6.45, 7) is 1.65. The molecule has 1 aliphatic carbocycles. The summed E-state index contributed by atoms with van der Waals surface area (Å²) in [7, 11) is 0. The van der Waals surface area contributed by atoms with Gasteiger partial charge in [0.1, 0.15) is 18.0 Å². The Labute approximate surface area is 190 Å². The minimum Gasteiger partial charge on any atom is -0.406 e. The predicted molar refractivity (Wildman–Crippen MR) is 115 cm³/mol. The van der Waals surface area contributed by atoms with E-state index in [1.807, 2.05) is 6.92 Å². The number of fused-ring (bicyclic) bond motifs is 1. The van der Waals surface area contributed by atoms with Crippen LogP contribution in [0.25, 0.3) is 0 Å². The summed E-state index contributed by atoms with van der Waals surface area (Å²) in [6.07, 6.45) is -3.40. The Morgan fingerprint density at radius 2 is 1.73 bits per heavy atom. The normalized spacial score (nSPS) is 25.5. The first-order valence-electron chi connectivity index (χ1n) is 11.3. The van der Waals surface area contributed by atoms with Gasteiger partial charge in [-0.1, -0.05) is 18.2 Å². The summed E-state index contributed by atoms with van der Waals surface area (Å²) >= 11 is 0. The fraction of sp³-hybridized carbons (Fsp3) is 0.520. The molecule has 0 bridgehead atoms. The van der Waals surface area contributed by atoms with Crippen molar-refractivity contribution < 1.29 is 38.0 Å². The minimum atomic E-state index is -4.73. The molecule has 33 heavy (non-hydrogen) atoms. The molecule has 1 fully saturated rings. The highest BCUT2D eigenvalue weighted by Gasteiger charge is 2.38. The van der Waals surface area contributed by atoms with E-state index in [2.05, 4.69) is 10.8 Å². The molecule has 1 saturated heterocycles. The third-order valence-corrected chi connectivity index (χ3v) is 6.72. The summed E-state index contributed by atoms with van der Waals surface area (Å²) in [5, 5.41) is 30.0. The molecule has 1 heterocycles. The minimum absolute atomic E-state index is 0.222. The molecule has 0 radical (unpaired) electrons. The van der Waals surface area contributed by atoms with Gasteiger partial charge in [0.15, 0.2) is 0 Å². The van der Waals surface area contributed by atoms with E-state index in [1.54, 1.807) is 12.1 Å². The van der Waals surface area contributed by atoms with Gasteiger partial charge < -0.3 is 24.8 Å². The molecule has 8 heteroatoms. The molecule has 2 aromatic carbocycles. The van der Waals surface area contributed by atoms with Gasteiger partial charge in [0.25, 0.3) is 0 Å². The maximum Gasteiger partial charge on any atom is 0.573 e. The highest BCUT2D eigenvalue weighted by atomic mass is 19.4. The van der Waals surface area contributed by atoms with Crippen LogP contribution in [0.3, 0.4) is 0 Å². The average Bonchev–Trinajstić information content (AvgIpc) is 2.78. The van der Waals surface area contributed by atoms with Gasteiger partial charge >= 0.3 is 6.36 Å². The van der Waals surface area contributed by atoms with Gasteiger partial charge in [-0.3, -0.25) is 0 Å². The van der Waals surface area contributed by atoms with Gasteiger partial charge in [0.2, 0.25) is 0 Å². The van der Waals surface area contributed by atoms with Crippen LogP contribution in [0.1, 0.15) is 58.7 Å². The zero-order chi connectivity index (χ0) is 23.8. The summed E-state index contributed by atoms with van der Waals surface area (Å²) in [6, 6.07) is 7.96. The lowest BCUT2D eigenvalue weighted by Gasteiger charge is -2.38. The van der Waals surface area contributed by atoms with Crippen molar-refractivity contribution in [3.05, 3.63) is 63.7 Å². The number of alkyl halides is 3. The molecule has 5 nitrogen and oxygen atoms in total. The van der Waals surface area contributed by atoms with E-state index in [4.69, 9.17) is 4.74 Å². The van der Waals surface area contributed by atoms with Crippen molar-refractivity contribution in [2.75, 3.05) is 6.61 Å². The van der Waals surface area contributed by atoms with Crippen molar-refractivity contribution in [3.8, 4) is 5.75 Å². The van der Waals surface area contributed by atoms with E-state index in [0.717, 1.165) is 47.9 Å². The van der Waals surface area contributed by atoms with E-state index in [1.165, 1.54) is 23.3 Å². The first-order chi connectivity index (χ1) is 15.7. The van der Waals surface area contributed by atoms with Crippen LogP contribution in [0.15, 0.2) is 30.3 Å². The van der Waals surface area contributed by atoms with Gasteiger partial charge in [-0.25, -0.2) is 0 Å². The molecule has 2 aromatic rings. The zero-order valence-corrected chi connectivity index (χ0v) is 18.4. The number of hydrogen-bond donors (Lipinski definition) is 3. The van der Waals surface area contributed by atoms with E-state index < -0.39 is 37.4 Å². The fourth-order valence-corrected chi connectivity index (χ4v) is 5.06. The van der Waals surface area contributed by atoms with E-state index in [-0.39, 0.29) is 12.2 Å². The van der Waals surface area contributed by atoms with Crippen LogP contribution in [-0.4, -0.2) is 46.6 Å². The standard InChI is InChI=1S/C25H29F3O5/c1-14-18-4-2-3-5-19(18)16(10-15-6-8-17(9-7-15)33-25(26,27)28)11-20(14)22-12-21(30)24(31)23(13-29)32-22/h6-9,11,21-24,29-31H,2-5,10,12-13H2,1H3/t21?,22-,23-,24-/m1/s1. The van der Waals surface area contributed by atoms with Crippen LogP contribution in [-0.2, 0) is 24.0 Å². The fourth-order valence-electron chi connectivity index (χ4n) is 5.06. The molecule has 3 N–H and O–H groups in total. The number of ether oxygens (including phenoxy) is 2. The molecular weight excluding hydrogens is 437 g/mol. The highest BCUT2D eigenvalue weighted by Crippen LogP contribution is 2.39. The van der Waals surface area contributed by atoms with Crippen molar-refractivity contribution in [1.29, 1.82) is 0 Å². The summed E-state index contributed by atoms with van der Waals surface area (Å²) in [5.74, 6) is -0.254. The average molecular weight is 466 g/mol. The largest absolute Gasteiger partial charge is 0.573 e. The predicted octanol–water partition coefficient (Wildman–Crippen LogP) is 3.91. The molecule has 0 saturated carbocycles. The smallest absolute Gasteiger partial charge is 0.406 e. The van der Waals surface area contributed by atoms with Crippen molar-refractivity contribution in [2.24, 2.45) is 0 Å². The Hall–Kier alpha value is -2.13. The van der Waals surface area contributed by atoms with Crippen LogP contribution in [0, 0.1) is 6.92 Å². The second kappa shape index (κ2) is 9.62. The van der Waals surface area contributed by atoms with Crippen LogP contribution in [0.5, 0.6) is 5.75 Å². The van der Waals surface area contributed by atoms with Crippen LogP contribution in [0.2, 0.25) is 0 Å². The first kappa shape index (κ1) is 24.0. The van der Waals surface area contributed by atoms with Gasteiger partial charge in [-0.2, -0.15) is 0 Å². The molecule has 2 aliphatic rings. The number of halogens is 3. The quantitative estimate of drug-likeness (QED) is 0.623. The Morgan fingerprint density at radius 1 is 1.06 bits per heavy atom. The molecule has 0 aromatic heterocycles. The van der Waals surface area contributed by atoms with Crippen molar-refractivity contribution in [2.45, 2.75) is 76.2 Å². The van der Waals surface area contributed by atoms with Gasteiger partial charge in [-0.15, -0.1) is 13.2 Å². The molecule has 0 amide bonds. The summed E-state index contributed by atoms with van der Waals surface area (Å²) in [4.78, 5) is 0. The van der Waals surface area contributed by atoms with E-state index in [9.17, 15) is 28.5 Å². The van der Waals surface area contributed by atoms with Crippen LogP contribution < -0.4 is 4.74 Å². The molecule has 4 atom stereocenters.